The van der Waals surface area contributed by atoms with E-state index in [1.54, 1.807) is 6.07 Å². The minimum absolute atomic E-state index is 0.0307. The van der Waals surface area contributed by atoms with Crippen LogP contribution in [0.25, 0.3) is 33.1 Å². The molecule has 0 atom stereocenters. The van der Waals surface area contributed by atoms with Gasteiger partial charge in [0.2, 0.25) is 5.88 Å². The van der Waals surface area contributed by atoms with Gasteiger partial charge in [0.15, 0.2) is 5.58 Å². The molecule has 0 aliphatic rings. The molecule has 2 aromatic heterocycles. The second-order valence-electron chi connectivity index (χ2n) is 8.53. The summed E-state index contributed by atoms with van der Waals surface area (Å²) >= 11 is 0. The first-order valence-electron chi connectivity index (χ1n) is 11.0. The Morgan fingerprint density at radius 1 is 0.909 bits per heavy atom. The second kappa shape index (κ2) is 8.17. The van der Waals surface area contributed by atoms with E-state index in [0.29, 0.717) is 28.0 Å². The van der Waals surface area contributed by atoms with Gasteiger partial charge < -0.3 is 18.9 Å². The summed E-state index contributed by atoms with van der Waals surface area (Å²) < 4.78 is 17.9. The van der Waals surface area contributed by atoms with Crippen molar-refractivity contribution in [3.05, 3.63) is 88.3 Å². The van der Waals surface area contributed by atoms with Crippen LogP contribution in [0.15, 0.2) is 80.4 Å². The maximum Gasteiger partial charge on any atom is 0.348 e. The molecule has 5 nitrogen and oxygen atoms in total. The van der Waals surface area contributed by atoms with Gasteiger partial charge in [-0.3, -0.25) is 0 Å². The van der Waals surface area contributed by atoms with Gasteiger partial charge in [0.1, 0.15) is 16.7 Å². The molecular formula is C28H25NO4. The molecule has 5 heteroatoms. The molecular weight excluding hydrogens is 414 g/mol. The first-order chi connectivity index (χ1) is 15.9. The zero-order valence-electron chi connectivity index (χ0n) is 19.1. The van der Waals surface area contributed by atoms with Crippen LogP contribution in [0, 0.1) is 13.8 Å². The number of nitrogens with one attached hydrogen (secondary N) is 1. The van der Waals surface area contributed by atoms with Gasteiger partial charge >= 0.3 is 5.63 Å². The molecule has 0 aliphatic carbocycles. The van der Waals surface area contributed by atoms with Crippen LogP contribution in [-0.2, 0) is 0 Å². The summed E-state index contributed by atoms with van der Waals surface area (Å²) in [6, 6.07) is 21.2. The number of ether oxygens (including phenoxy) is 1. The van der Waals surface area contributed by atoms with E-state index in [1.165, 1.54) is 5.56 Å². The smallest absolute Gasteiger partial charge is 0.348 e. The summed E-state index contributed by atoms with van der Waals surface area (Å²) in [5.41, 5.74) is 5.17. The third-order valence-corrected chi connectivity index (χ3v) is 5.57. The highest BCUT2D eigenvalue weighted by Crippen LogP contribution is 2.42. The van der Waals surface area contributed by atoms with Crippen molar-refractivity contribution in [2.45, 2.75) is 33.8 Å². The van der Waals surface area contributed by atoms with Crippen molar-refractivity contribution in [2.24, 2.45) is 0 Å². The van der Waals surface area contributed by atoms with Crippen LogP contribution in [0.2, 0.25) is 0 Å². The van der Waals surface area contributed by atoms with Gasteiger partial charge in [-0.15, -0.1) is 0 Å². The van der Waals surface area contributed by atoms with E-state index < -0.39 is 5.63 Å². The lowest BCUT2D eigenvalue weighted by Gasteiger charge is -2.12. The van der Waals surface area contributed by atoms with Crippen LogP contribution >= 0.6 is 0 Å². The fraction of sp³-hybridized carbons (Fsp3) is 0.179. The van der Waals surface area contributed by atoms with Crippen molar-refractivity contribution in [1.82, 2.24) is 0 Å². The lowest BCUT2D eigenvalue weighted by Crippen LogP contribution is -2.05. The average molecular weight is 440 g/mol. The summed E-state index contributed by atoms with van der Waals surface area (Å²) in [6.07, 6.45) is 0.0307. The van der Waals surface area contributed by atoms with Gasteiger partial charge in [0.25, 0.3) is 0 Å². The summed E-state index contributed by atoms with van der Waals surface area (Å²) in [6.45, 7) is 8.06. The highest BCUT2D eigenvalue weighted by atomic mass is 16.5. The van der Waals surface area contributed by atoms with Gasteiger partial charge in [0, 0.05) is 5.69 Å². The molecule has 5 rings (SSSR count). The van der Waals surface area contributed by atoms with Gasteiger partial charge in [-0.25, -0.2) is 4.79 Å². The SMILES string of the molecule is Cc1ccc(Nc2oc3c(c2-c2cccc(OC(C)C)c2)c(=O)oc2ccccc23)c(C)c1. The fourth-order valence-corrected chi connectivity index (χ4v) is 4.15. The lowest BCUT2D eigenvalue weighted by molar-refractivity contribution is 0.242. The number of furan rings is 1. The average Bonchev–Trinajstić information content (AvgIpc) is 3.15. The first kappa shape index (κ1) is 20.9. The Labute approximate surface area is 191 Å². The first-order valence-corrected chi connectivity index (χ1v) is 11.0. The lowest BCUT2D eigenvalue weighted by atomic mass is 10.0. The van der Waals surface area contributed by atoms with Crippen molar-refractivity contribution >= 4 is 33.5 Å². The summed E-state index contributed by atoms with van der Waals surface area (Å²) in [5.74, 6) is 1.21. The van der Waals surface area contributed by atoms with Crippen LogP contribution < -0.4 is 15.7 Å². The van der Waals surface area contributed by atoms with Crippen molar-refractivity contribution in [1.29, 1.82) is 0 Å². The largest absolute Gasteiger partial charge is 0.491 e. The number of rotatable bonds is 5. The molecule has 0 saturated carbocycles. The quantitative estimate of drug-likeness (QED) is 0.290. The van der Waals surface area contributed by atoms with E-state index in [4.69, 9.17) is 13.6 Å². The van der Waals surface area contributed by atoms with E-state index in [0.717, 1.165) is 28.0 Å². The Bertz CT molecular complexity index is 1540. The van der Waals surface area contributed by atoms with Gasteiger partial charge in [0.05, 0.1) is 17.1 Å². The highest BCUT2D eigenvalue weighted by molar-refractivity contribution is 6.10. The number of fused-ring (bicyclic) bond motifs is 3. The maximum atomic E-state index is 13.1. The molecule has 0 radical (unpaired) electrons. The van der Waals surface area contributed by atoms with Crippen molar-refractivity contribution < 1.29 is 13.6 Å². The molecule has 2 heterocycles. The number of hydrogen-bond donors (Lipinski definition) is 1. The van der Waals surface area contributed by atoms with Crippen LogP contribution in [0.3, 0.4) is 0 Å². The normalized spacial score (nSPS) is 11.4. The molecule has 0 fully saturated rings. The van der Waals surface area contributed by atoms with Crippen molar-refractivity contribution in [2.75, 3.05) is 5.32 Å². The van der Waals surface area contributed by atoms with Crippen LogP contribution in [0.5, 0.6) is 5.75 Å². The summed E-state index contributed by atoms with van der Waals surface area (Å²) in [7, 11) is 0. The predicted molar refractivity (Wildman–Crippen MR) is 133 cm³/mol. The molecule has 166 valence electrons. The molecule has 0 amide bonds. The summed E-state index contributed by atoms with van der Waals surface area (Å²) in [4.78, 5) is 13.1. The molecule has 5 aromatic rings. The Balaban J connectivity index is 1.79. The van der Waals surface area contributed by atoms with Gasteiger partial charge in [-0.2, -0.15) is 0 Å². The molecule has 0 unspecified atom stereocenters. The van der Waals surface area contributed by atoms with Crippen LogP contribution in [0.4, 0.5) is 11.6 Å². The standard InChI is InChI=1S/C28H25NO4/c1-16(2)31-20-9-7-8-19(15-20)24-25-26(21-10-5-6-11-23(21)32-28(25)30)33-27(24)29-22-13-12-17(3)14-18(22)4/h5-16,29H,1-4H3. The molecule has 33 heavy (non-hydrogen) atoms. The predicted octanol–water partition coefficient (Wildman–Crippen LogP) is 7.35. The highest BCUT2D eigenvalue weighted by Gasteiger charge is 2.23. The van der Waals surface area contributed by atoms with Crippen molar-refractivity contribution in [3.8, 4) is 16.9 Å². The third-order valence-electron chi connectivity index (χ3n) is 5.57. The Hall–Kier alpha value is -3.99. The molecule has 0 bridgehead atoms. The second-order valence-corrected chi connectivity index (χ2v) is 8.53. The fourth-order valence-electron chi connectivity index (χ4n) is 4.15. The monoisotopic (exact) mass is 439 g/mol. The zero-order valence-corrected chi connectivity index (χ0v) is 19.1. The zero-order chi connectivity index (χ0) is 23.1. The van der Waals surface area contributed by atoms with Gasteiger partial charge in [-0.1, -0.05) is 42.0 Å². The summed E-state index contributed by atoms with van der Waals surface area (Å²) in [5, 5.41) is 4.57. The molecule has 0 aliphatic heterocycles. The third kappa shape index (κ3) is 3.87. The Kier molecular flexibility index (Phi) is 5.17. The number of benzene rings is 3. The Morgan fingerprint density at radius 3 is 2.52 bits per heavy atom. The van der Waals surface area contributed by atoms with E-state index in [2.05, 4.69) is 18.3 Å². The van der Waals surface area contributed by atoms with E-state index in [1.807, 2.05) is 75.4 Å². The maximum absolute atomic E-state index is 13.1. The van der Waals surface area contributed by atoms with Crippen LogP contribution in [0.1, 0.15) is 25.0 Å². The Morgan fingerprint density at radius 2 is 1.73 bits per heavy atom. The minimum atomic E-state index is -0.439. The molecule has 0 saturated heterocycles. The molecule has 3 aromatic carbocycles. The van der Waals surface area contributed by atoms with E-state index >= 15 is 0 Å². The number of anilines is 2. The topological polar surface area (TPSA) is 64.6 Å². The van der Waals surface area contributed by atoms with E-state index in [9.17, 15) is 4.79 Å². The number of aryl methyl sites for hydroxylation is 2. The van der Waals surface area contributed by atoms with Gasteiger partial charge in [-0.05, 0) is 69.2 Å². The minimum Gasteiger partial charge on any atom is -0.491 e. The number of para-hydroxylation sites is 1. The molecule has 1 N–H and O–H groups in total. The van der Waals surface area contributed by atoms with Crippen LogP contribution in [-0.4, -0.2) is 6.10 Å². The van der Waals surface area contributed by atoms with Crippen molar-refractivity contribution in [3.63, 3.8) is 0 Å². The molecule has 0 spiro atoms. The van der Waals surface area contributed by atoms with E-state index in [-0.39, 0.29) is 6.10 Å². The number of hydrogen-bond acceptors (Lipinski definition) is 5.